The number of benzene rings is 2. The molecule has 0 spiro atoms. The minimum atomic E-state index is -0.0559. The van der Waals surface area contributed by atoms with Gasteiger partial charge in [0.1, 0.15) is 10.4 Å². The Morgan fingerprint density at radius 2 is 1.92 bits per heavy atom. The summed E-state index contributed by atoms with van der Waals surface area (Å²) in [5.41, 5.74) is 3.52. The zero-order valence-electron chi connectivity index (χ0n) is 14.0. The van der Waals surface area contributed by atoms with E-state index in [1.807, 2.05) is 53.9 Å². The van der Waals surface area contributed by atoms with Gasteiger partial charge in [0.15, 0.2) is 0 Å². The molecule has 0 amide bonds. The van der Waals surface area contributed by atoms with Crippen molar-refractivity contribution in [1.29, 1.82) is 0 Å². The van der Waals surface area contributed by atoms with Gasteiger partial charge < -0.3 is 4.74 Å². The third kappa shape index (κ3) is 3.00. The van der Waals surface area contributed by atoms with E-state index in [-0.39, 0.29) is 5.56 Å². The van der Waals surface area contributed by atoms with E-state index in [1.165, 1.54) is 11.3 Å². The van der Waals surface area contributed by atoms with E-state index >= 15 is 0 Å². The van der Waals surface area contributed by atoms with E-state index < -0.39 is 0 Å². The van der Waals surface area contributed by atoms with Gasteiger partial charge in [-0.05, 0) is 29.3 Å². The molecule has 2 aromatic carbocycles. The molecule has 0 bridgehead atoms. The van der Waals surface area contributed by atoms with Crippen LogP contribution in [0.15, 0.2) is 65.0 Å². The summed E-state index contributed by atoms with van der Waals surface area (Å²) in [5, 5.41) is 2.62. The van der Waals surface area contributed by atoms with Gasteiger partial charge in [-0.15, -0.1) is 11.3 Å². The molecule has 4 nitrogen and oxygen atoms in total. The van der Waals surface area contributed by atoms with Crippen molar-refractivity contribution in [2.45, 2.75) is 6.54 Å². The highest BCUT2D eigenvalue weighted by molar-refractivity contribution is 7.17. The Labute approximate surface area is 159 Å². The number of thiophene rings is 1. The fraction of sp³-hybridized carbons (Fsp3) is 0.100. The van der Waals surface area contributed by atoms with Crippen LogP contribution in [-0.2, 0) is 6.54 Å². The third-order valence-corrected chi connectivity index (χ3v) is 5.57. The number of rotatable bonds is 4. The van der Waals surface area contributed by atoms with E-state index in [2.05, 4.69) is 4.98 Å². The monoisotopic (exact) mass is 382 g/mol. The van der Waals surface area contributed by atoms with Crippen molar-refractivity contribution in [3.8, 4) is 16.9 Å². The van der Waals surface area contributed by atoms with Crippen molar-refractivity contribution in [2.75, 3.05) is 7.11 Å². The Hall–Kier alpha value is -2.63. The van der Waals surface area contributed by atoms with Crippen molar-refractivity contribution >= 4 is 33.2 Å². The highest BCUT2D eigenvalue weighted by Gasteiger charge is 2.13. The molecule has 2 aromatic heterocycles. The summed E-state index contributed by atoms with van der Waals surface area (Å²) in [4.78, 5) is 17.4. The Balaban J connectivity index is 1.75. The molecule has 0 saturated heterocycles. The average Bonchev–Trinajstić information content (AvgIpc) is 3.10. The normalized spacial score (nSPS) is 11.0. The number of aromatic nitrogens is 2. The quantitative estimate of drug-likeness (QED) is 0.507. The SMILES string of the molecule is COc1ccc(-c2csc3c(=O)n(Cc4ccccc4Cl)cnc23)cc1. The molecule has 2 heterocycles. The smallest absolute Gasteiger partial charge is 0.271 e. The topological polar surface area (TPSA) is 44.1 Å². The number of ether oxygens (including phenoxy) is 1. The first-order chi connectivity index (χ1) is 12.7. The number of nitrogens with zero attached hydrogens (tertiary/aromatic N) is 2. The second-order valence-electron chi connectivity index (χ2n) is 5.82. The van der Waals surface area contributed by atoms with Crippen LogP contribution in [0.3, 0.4) is 0 Å². The minimum absolute atomic E-state index is 0.0559. The first-order valence-corrected chi connectivity index (χ1v) is 9.27. The Morgan fingerprint density at radius 3 is 2.65 bits per heavy atom. The summed E-state index contributed by atoms with van der Waals surface area (Å²) in [5.74, 6) is 0.795. The maximum Gasteiger partial charge on any atom is 0.271 e. The molecule has 0 radical (unpaired) electrons. The van der Waals surface area contributed by atoms with E-state index in [9.17, 15) is 4.79 Å². The fourth-order valence-electron chi connectivity index (χ4n) is 2.84. The van der Waals surface area contributed by atoms with Gasteiger partial charge in [-0.25, -0.2) is 4.98 Å². The van der Waals surface area contributed by atoms with Crippen molar-refractivity contribution in [1.82, 2.24) is 9.55 Å². The van der Waals surface area contributed by atoms with Crippen molar-refractivity contribution in [2.24, 2.45) is 0 Å². The molecule has 130 valence electrons. The summed E-state index contributed by atoms with van der Waals surface area (Å²) in [7, 11) is 1.64. The lowest BCUT2D eigenvalue weighted by atomic mass is 10.1. The molecule has 26 heavy (non-hydrogen) atoms. The average molecular weight is 383 g/mol. The van der Waals surface area contributed by atoms with Crippen LogP contribution in [0.2, 0.25) is 5.02 Å². The molecule has 0 fully saturated rings. The predicted octanol–water partition coefficient (Wildman–Crippen LogP) is 4.84. The van der Waals surface area contributed by atoms with E-state index in [0.29, 0.717) is 16.3 Å². The Bertz CT molecular complexity index is 1130. The first kappa shape index (κ1) is 16.8. The molecular weight excluding hydrogens is 368 g/mol. The Kier molecular flexibility index (Phi) is 4.49. The number of halogens is 1. The summed E-state index contributed by atoms with van der Waals surface area (Å²) in [6.07, 6.45) is 1.59. The molecule has 0 saturated carbocycles. The second kappa shape index (κ2) is 6.94. The van der Waals surface area contributed by atoms with Gasteiger partial charge in [-0.1, -0.05) is 41.9 Å². The number of methoxy groups -OCH3 is 1. The molecule has 0 unspecified atom stereocenters. The lowest BCUT2D eigenvalue weighted by molar-refractivity contribution is 0.415. The van der Waals surface area contributed by atoms with Crippen LogP contribution < -0.4 is 10.3 Å². The molecule has 0 aliphatic rings. The molecule has 6 heteroatoms. The van der Waals surface area contributed by atoms with Gasteiger partial charge >= 0.3 is 0 Å². The summed E-state index contributed by atoms with van der Waals surface area (Å²) in [6.45, 7) is 0.400. The van der Waals surface area contributed by atoms with E-state index in [0.717, 1.165) is 28.0 Å². The molecule has 0 N–H and O–H groups in total. The first-order valence-electron chi connectivity index (χ1n) is 8.02. The third-order valence-electron chi connectivity index (χ3n) is 4.25. The molecule has 4 aromatic rings. The summed E-state index contributed by atoms with van der Waals surface area (Å²) in [6, 6.07) is 15.3. The van der Waals surface area contributed by atoms with Gasteiger partial charge in [-0.2, -0.15) is 0 Å². The molecule has 0 atom stereocenters. The Morgan fingerprint density at radius 1 is 1.15 bits per heavy atom. The maximum absolute atomic E-state index is 12.9. The van der Waals surface area contributed by atoms with Crippen LogP contribution in [0.25, 0.3) is 21.3 Å². The highest BCUT2D eigenvalue weighted by atomic mass is 35.5. The maximum atomic E-state index is 12.9. The zero-order valence-corrected chi connectivity index (χ0v) is 15.6. The molecule has 0 aliphatic carbocycles. The second-order valence-corrected chi connectivity index (χ2v) is 7.11. The zero-order chi connectivity index (χ0) is 18.1. The van der Waals surface area contributed by atoms with Crippen LogP contribution >= 0.6 is 22.9 Å². The lowest BCUT2D eigenvalue weighted by Crippen LogP contribution is -2.20. The predicted molar refractivity (Wildman–Crippen MR) is 106 cm³/mol. The largest absolute Gasteiger partial charge is 0.497 e. The number of fused-ring (bicyclic) bond motifs is 1. The van der Waals surface area contributed by atoms with Crippen LogP contribution in [0.4, 0.5) is 0 Å². The lowest BCUT2D eigenvalue weighted by Gasteiger charge is -2.07. The van der Waals surface area contributed by atoms with Gasteiger partial charge in [0, 0.05) is 16.0 Å². The van der Waals surface area contributed by atoms with Crippen LogP contribution in [-0.4, -0.2) is 16.7 Å². The van der Waals surface area contributed by atoms with Crippen molar-refractivity contribution in [3.05, 3.63) is 81.2 Å². The number of hydrogen-bond donors (Lipinski definition) is 0. The van der Waals surface area contributed by atoms with Gasteiger partial charge in [0.2, 0.25) is 0 Å². The highest BCUT2D eigenvalue weighted by Crippen LogP contribution is 2.31. The number of hydrogen-bond acceptors (Lipinski definition) is 4. The molecule has 0 aliphatic heterocycles. The molecule has 4 rings (SSSR count). The summed E-state index contributed by atoms with van der Waals surface area (Å²) >= 11 is 7.62. The molecular formula is C20H15ClN2O2S. The van der Waals surface area contributed by atoms with Crippen molar-refractivity contribution in [3.63, 3.8) is 0 Å². The van der Waals surface area contributed by atoms with Gasteiger partial charge in [0.25, 0.3) is 5.56 Å². The van der Waals surface area contributed by atoms with Crippen LogP contribution in [0.5, 0.6) is 5.75 Å². The van der Waals surface area contributed by atoms with Crippen molar-refractivity contribution < 1.29 is 4.74 Å². The summed E-state index contributed by atoms with van der Waals surface area (Å²) < 4.78 is 7.44. The van der Waals surface area contributed by atoms with Crippen LogP contribution in [0.1, 0.15) is 5.56 Å². The standard InChI is InChI=1S/C20H15ClN2O2S/c1-25-15-8-6-13(7-9-15)16-11-26-19-18(16)22-12-23(20(19)24)10-14-4-2-3-5-17(14)21/h2-9,11-12H,10H2,1H3. The van der Waals surface area contributed by atoms with E-state index in [1.54, 1.807) is 18.0 Å². The fourth-order valence-corrected chi connectivity index (χ4v) is 4.01. The van der Waals surface area contributed by atoms with E-state index in [4.69, 9.17) is 16.3 Å². The van der Waals surface area contributed by atoms with Crippen LogP contribution in [0, 0.1) is 0 Å². The minimum Gasteiger partial charge on any atom is -0.497 e. The van der Waals surface area contributed by atoms with Gasteiger partial charge in [0.05, 0.1) is 25.5 Å². The van der Waals surface area contributed by atoms with Gasteiger partial charge in [-0.3, -0.25) is 9.36 Å².